The van der Waals surface area contributed by atoms with E-state index in [1.54, 1.807) is 24.3 Å². The quantitative estimate of drug-likeness (QED) is 0.268. The van der Waals surface area contributed by atoms with Crippen LogP contribution in [-0.4, -0.2) is 43.6 Å². The van der Waals surface area contributed by atoms with Gasteiger partial charge < -0.3 is 0 Å². The SMILES string of the molecule is CCc1cc(C)cc(CC)c1C(=O)C(=O)N(C)N=C(C)CS(=O)(=O)c1ccc(C)cc1. The molecule has 0 aliphatic rings. The van der Waals surface area contributed by atoms with Gasteiger partial charge in [-0.15, -0.1) is 0 Å². The lowest BCUT2D eigenvalue weighted by Crippen LogP contribution is -2.32. The van der Waals surface area contributed by atoms with E-state index in [-0.39, 0.29) is 16.4 Å². The fraction of sp³-hybridized carbons (Fsp3) is 0.375. The maximum atomic E-state index is 13.0. The zero-order chi connectivity index (χ0) is 23.3. The maximum absolute atomic E-state index is 13.0. The molecule has 0 bridgehead atoms. The molecular formula is C24H30N2O4S. The van der Waals surface area contributed by atoms with Crippen molar-refractivity contribution >= 4 is 27.2 Å². The van der Waals surface area contributed by atoms with Crippen molar-refractivity contribution in [1.82, 2.24) is 5.01 Å². The van der Waals surface area contributed by atoms with E-state index in [2.05, 4.69) is 5.10 Å². The summed E-state index contributed by atoms with van der Waals surface area (Å²) in [5.41, 5.74) is 4.30. The smallest absolute Gasteiger partial charge is 0.283 e. The molecule has 0 aliphatic carbocycles. The second-order valence-corrected chi connectivity index (χ2v) is 9.72. The lowest BCUT2D eigenvalue weighted by atomic mass is 9.92. The fourth-order valence-corrected chi connectivity index (χ4v) is 4.80. The summed E-state index contributed by atoms with van der Waals surface area (Å²) in [6.07, 6.45) is 1.26. The molecule has 0 aliphatic heterocycles. The van der Waals surface area contributed by atoms with E-state index >= 15 is 0 Å². The molecule has 0 aromatic heterocycles. The summed E-state index contributed by atoms with van der Waals surface area (Å²) in [4.78, 5) is 26.0. The molecule has 0 radical (unpaired) electrons. The molecule has 2 aromatic carbocycles. The first-order valence-electron chi connectivity index (χ1n) is 10.3. The molecule has 0 N–H and O–H groups in total. The van der Waals surface area contributed by atoms with Gasteiger partial charge in [-0.05, 0) is 56.9 Å². The number of nitrogens with zero attached hydrogens (tertiary/aromatic N) is 2. The predicted molar refractivity (Wildman–Crippen MR) is 123 cm³/mol. The number of rotatable bonds is 8. The van der Waals surface area contributed by atoms with E-state index < -0.39 is 21.5 Å². The number of benzene rings is 2. The second kappa shape index (κ2) is 10.0. The summed E-state index contributed by atoms with van der Waals surface area (Å²) >= 11 is 0. The van der Waals surface area contributed by atoms with Crippen LogP contribution in [0, 0.1) is 13.8 Å². The average molecular weight is 443 g/mol. The van der Waals surface area contributed by atoms with Gasteiger partial charge in [0.25, 0.3) is 5.78 Å². The zero-order valence-corrected chi connectivity index (χ0v) is 19.8. The van der Waals surface area contributed by atoms with Crippen molar-refractivity contribution in [2.75, 3.05) is 12.8 Å². The molecule has 1 amide bonds. The van der Waals surface area contributed by atoms with Gasteiger partial charge in [0.2, 0.25) is 0 Å². The lowest BCUT2D eigenvalue weighted by Gasteiger charge is -2.16. The Morgan fingerprint density at radius 3 is 1.94 bits per heavy atom. The number of aryl methyl sites for hydroxylation is 4. The molecule has 0 spiro atoms. The summed E-state index contributed by atoms with van der Waals surface area (Å²) in [6.45, 7) is 9.25. The molecule has 2 aromatic rings. The van der Waals surface area contributed by atoms with Crippen molar-refractivity contribution in [3.8, 4) is 0 Å². The largest absolute Gasteiger partial charge is 0.314 e. The van der Waals surface area contributed by atoms with Crippen LogP contribution in [0.1, 0.15) is 53.4 Å². The van der Waals surface area contributed by atoms with Gasteiger partial charge >= 0.3 is 5.91 Å². The highest BCUT2D eigenvalue weighted by Gasteiger charge is 2.26. The summed E-state index contributed by atoms with van der Waals surface area (Å²) in [5.74, 6) is -1.76. The standard InChI is InChI=1S/C24H30N2O4S/c1-7-19-13-17(4)14-20(8-2)22(19)23(27)24(28)26(6)25-18(5)15-31(29,30)21-11-9-16(3)10-12-21/h9-14H,7-8,15H2,1-6H3. The number of ketones is 1. The first-order chi connectivity index (χ1) is 14.5. The Labute approximate surface area is 184 Å². The third-order valence-electron chi connectivity index (χ3n) is 5.02. The van der Waals surface area contributed by atoms with Crippen LogP contribution in [-0.2, 0) is 27.5 Å². The molecule has 0 unspecified atom stereocenters. The highest BCUT2D eigenvalue weighted by molar-refractivity contribution is 7.92. The van der Waals surface area contributed by atoms with Gasteiger partial charge in [-0.1, -0.05) is 49.2 Å². The molecule has 0 fully saturated rings. The van der Waals surface area contributed by atoms with Gasteiger partial charge in [-0.3, -0.25) is 9.59 Å². The summed E-state index contributed by atoms with van der Waals surface area (Å²) < 4.78 is 25.2. The van der Waals surface area contributed by atoms with Gasteiger partial charge in [0, 0.05) is 12.6 Å². The van der Waals surface area contributed by atoms with E-state index in [1.165, 1.54) is 14.0 Å². The monoisotopic (exact) mass is 442 g/mol. The molecule has 0 heterocycles. The van der Waals surface area contributed by atoms with Crippen molar-refractivity contribution in [3.05, 3.63) is 64.2 Å². The van der Waals surface area contributed by atoms with Crippen molar-refractivity contribution in [3.63, 3.8) is 0 Å². The maximum Gasteiger partial charge on any atom is 0.314 e. The molecule has 31 heavy (non-hydrogen) atoms. The van der Waals surface area contributed by atoms with Crippen LogP contribution in [0.25, 0.3) is 0 Å². The van der Waals surface area contributed by atoms with Gasteiger partial charge in [0.05, 0.1) is 16.4 Å². The Morgan fingerprint density at radius 2 is 1.45 bits per heavy atom. The van der Waals surface area contributed by atoms with Crippen molar-refractivity contribution in [2.24, 2.45) is 5.10 Å². The number of carbonyl (C=O) groups excluding carboxylic acids is 2. The molecule has 0 saturated carbocycles. The van der Waals surface area contributed by atoms with Crippen molar-refractivity contribution in [1.29, 1.82) is 0 Å². The van der Waals surface area contributed by atoms with Gasteiger partial charge in [-0.2, -0.15) is 5.10 Å². The second-order valence-electron chi connectivity index (χ2n) is 7.73. The van der Waals surface area contributed by atoms with Crippen LogP contribution in [0.2, 0.25) is 0 Å². The Hall–Kier alpha value is -2.80. The van der Waals surface area contributed by atoms with Crippen molar-refractivity contribution < 1.29 is 18.0 Å². The van der Waals surface area contributed by atoms with Gasteiger partial charge in [-0.25, -0.2) is 13.4 Å². The molecule has 0 saturated heterocycles. The van der Waals surface area contributed by atoms with Crippen LogP contribution in [0.4, 0.5) is 0 Å². The zero-order valence-electron chi connectivity index (χ0n) is 19.0. The fourth-order valence-electron chi connectivity index (χ4n) is 3.48. The molecule has 166 valence electrons. The Balaban J connectivity index is 2.26. The van der Waals surface area contributed by atoms with Gasteiger partial charge in [0.1, 0.15) is 0 Å². The highest BCUT2D eigenvalue weighted by atomic mass is 32.2. The number of hydrazone groups is 1. The normalized spacial score (nSPS) is 12.0. The average Bonchev–Trinajstić information content (AvgIpc) is 2.71. The van der Waals surface area contributed by atoms with Crippen LogP contribution in [0.15, 0.2) is 46.4 Å². The Bertz CT molecular complexity index is 1090. The number of hydrogen-bond donors (Lipinski definition) is 0. The first-order valence-corrected chi connectivity index (χ1v) is 11.9. The molecule has 0 atom stereocenters. The van der Waals surface area contributed by atoms with E-state index in [9.17, 15) is 18.0 Å². The third kappa shape index (κ3) is 5.88. The Kier molecular flexibility index (Phi) is 7.90. The van der Waals surface area contributed by atoms with Gasteiger partial charge in [0.15, 0.2) is 9.84 Å². The minimum absolute atomic E-state index is 0.192. The van der Waals surface area contributed by atoms with E-state index in [0.29, 0.717) is 18.4 Å². The minimum atomic E-state index is -3.60. The van der Waals surface area contributed by atoms with Crippen LogP contribution in [0.5, 0.6) is 0 Å². The lowest BCUT2D eigenvalue weighted by molar-refractivity contribution is -0.125. The summed E-state index contributed by atoms with van der Waals surface area (Å²) in [7, 11) is -2.23. The number of likely N-dealkylation sites (N-methyl/N-ethyl adjacent to an activating group) is 1. The number of amides is 1. The molecule has 6 nitrogen and oxygen atoms in total. The summed E-state index contributed by atoms with van der Waals surface area (Å²) in [5, 5.41) is 5.01. The number of sulfone groups is 1. The molecule has 2 rings (SSSR count). The predicted octanol–water partition coefficient (Wildman–Crippen LogP) is 3.92. The number of carbonyl (C=O) groups is 2. The molecule has 7 heteroatoms. The third-order valence-corrected chi connectivity index (χ3v) is 6.81. The summed E-state index contributed by atoms with van der Waals surface area (Å²) in [6, 6.07) is 10.4. The first kappa shape index (κ1) is 24.5. The Morgan fingerprint density at radius 1 is 0.935 bits per heavy atom. The van der Waals surface area contributed by atoms with Crippen LogP contribution in [0.3, 0.4) is 0 Å². The van der Waals surface area contributed by atoms with Crippen LogP contribution >= 0.6 is 0 Å². The van der Waals surface area contributed by atoms with Crippen LogP contribution < -0.4 is 0 Å². The highest BCUT2D eigenvalue weighted by Crippen LogP contribution is 2.21. The minimum Gasteiger partial charge on any atom is -0.283 e. The van der Waals surface area contributed by atoms with Crippen molar-refractivity contribution in [2.45, 2.75) is 52.4 Å². The van der Waals surface area contributed by atoms with E-state index in [0.717, 1.165) is 27.3 Å². The van der Waals surface area contributed by atoms with E-state index in [4.69, 9.17) is 0 Å². The number of Topliss-reactive ketones (excluding diaryl/α,β-unsaturated/α-hetero) is 1. The van der Waals surface area contributed by atoms with E-state index in [1.807, 2.05) is 39.8 Å². The topological polar surface area (TPSA) is 83.9 Å². The number of hydrogen-bond acceptors (Lipinski definition) is 5. The molecular weight excluding hydrogens is 412 g/mol.